The van der Waals surface area contributed by atoms with Crippen molar-refractivity contribution in [1.29, 1.82) is 0 Å². The number of nitrogens with two attached hydrogens (primary N) is 1. The highest BCUT2D eigenvalue weighted by Crippen LogP contribution is 2.17. The van der Waals surface area contributed by atoms with Crippen molar-refractivity contribution in [1.82, 2.24) is 15.5 Å². The molecule has 0 spiro atoms. The molecule has 1 aromatic carbocycles. The van der Waals surface area contributed by atoms with Crippen LogP contribution in [0.25, 0.3) is 0 Å². The lowest BCUT2D eigenvalue weighted by molar-refractivity contribution is -0.135. The maximum Gasteiger partial charge on any atom is 0.224 e. The zero-order valence-electron chi connectivity index (χ0n) is 15.8. The van der Waals surface area contributed by atoms with E-state index in [1.165, 1.54) is 0 Å². The lowest BCUT2D eigenvalue weighted by Crippen LogP contribution is -2.50. The van der Waals surface area contributed by atoms with Gasteiger partial charge in [0, 0.05) is 45.1 Å². The summed E-state index contributed by atoms with van der Waals surface area (Å²) in [7, 11) is 0. The monoisotopic (exact) mass is 374 g/mol. The third-order valence-electron chi connectivity index (χ3n) is 4.72. The van der Waals surface area contributed by atoms with Gasteiger partial charge in [-0.1, -0.05) is 30.3 Å². The van der Waals surface area contributed by atoms with E-state index in [9.17, 15) is 14.4 Å². The molecule has 1 aliphatic rings. The van der Waals surface area contributed by atoms with Gasteiger partial charge in [0.2, 0.25) is 17.7 Å². The summed E-state index contributed by atoms with van der Waals surface area (Å²) in [6.45, 7) is 1.81. The first-order chi connectivity index (χ1) is 13.1. The molecule has 4 N–H and O–H groups in total. The number of nitrogens with one attached hydrogen (secondary N) is 2. The molecule has 7 heteroatoms. The van der Waals surface area contributed by atoms with Crippen LogP contribution in [0.5, 0.6) is 0 Å². The van der Waals surface area contributed by atoms with Crippen LogP contribution in [0, 0.1) is 0 Å². The van der Waals surface area contributed by atoms with Crippen LogP contribution in [-0.4, -0.2) is 54.8 Å². The van der Waals surface area contributed by atoms with E-state index in [0.717, 1.165) is 24.8 Å². The summed E-state index contributed by atoms with van der Waals surface area (Å²) in [4.78, 5) is 38.0. The summed E-state index contributed by atoms with van der Waals surface area (Å²) >= 11 is 0. The predicted molar refractivity (Wildman–Crippen MR) is 104 cm³/mol. The Labute approximate surface area is 160 Å². The van der Waals surface area contributed by atoms with Crippen LogP contribution in [0.4, 0.5) is 0 Å². The van der Waals surface area contributed by atoms with Crippen molar-refractivity contribution in [3.05, 3.63) is 35.9 Å². The van der Waals surface area contributed by atoms with Crippen molar-refractivity contribution in [3.63, 3.8) is 0 Å². The number of piperidine rings is 1. The minimum absolute atomic E-state index is 0.0211. The molecule has 148 valence electrons. The van der Waals surface area contributed by atoms with Gasteiger partial charge >= 0.3 is 0 Å². The van der Waals surface area contributed by atoms with Crippen LogP contribution < -0.4 is 16.4 Å². The van der Waals surface area contributed by atoms with Crippen LogP contribution in [0.2, 0.25) is 0 Å². The Morgan fingerprint density at radius 2 is 1.81 bits per heavy atom. The molecule has 0 aromatic heterocycles. The number of carbonyl (C=O) groups excluding carboxylic acids is 3. The van der Waals surface area contributed by atoms with Crippen LogP contribution in [0.3, 0.4) is 0 Å². The Morgan fingerprint density at radius 1 is 1.04 bits per heavy atom. The Bertz CT molecular complexity index is 621. The molecule has 1 unspecified atom stereocenters. The first kappa shape index (κ1) is 20.9. The second kappa shape index (κ2) is 11.3. The van der Waals surface area contributed by atoms with Crippen molar-refractivity contribution in [2.45, 2.75) is 44.6 Å². The molecule has 1 fully saturated rings. The largest absolute Gasteiger partial charge is 0.355 e. The summed E-state index contributed by atoms with van der Waals surface area (Å²) < 4.78 is 0. The molecule has 1 heterocycles. The maximum atomic E-state index is 12.6. The third-order valence-corrected chi connectivity index (χ3v) is 4.72. The summed E-state index contributed by atoms with van der Waals surface area (Å²) in [5, 5.41) is 5.67. The van der Waals surface area contributed by atoms with Crippen LogP contribution in [0.1, 0.15) is 37.7 Å². The smallest absolute Gasteiger partial charge is 0.224 e. The molecule has 1 saturated heterocycles. The second-order valence-electron chi connectivity index (χ2n) is 6.84. The molecular weight excluding hydrogens is 344 g/mol. The highest BCUT2D eigenvalue weighted by Gasteiger charge is 2.26. The minimum Gasteiger partial charge on any atom is -0.355 e. The topological polar surface area (TPSA) is 105 Å². The molecule has 1 aliphatic heterocycles. The molecule has 3 amide bonds. The molecule has 7 nitrogen and oxygen atoms in total. The average Bonchev–Trinajstić information content (AvgIpc) is 2.67. The van der Waals surface area contributed by atoms with Gasteiger partial charge < -0.3 is 21.3 Å². The average molecular weight is 374 g/mol. The number of amides is 3. The molecule has 27 heavy (non-hydrogen) atoms. The first-order valence-corrected chi connectivity index (χ1v) is 9.67. The zero-order valence-corrected chi connectivity index (χ0v) is 15.8. The standard InChI is InChI=1S/C20H30N4O3/c21-11-9-18(25)23-15-17-8-4-5-13-24(17)20(27)10-12-22-19(26)14-16-6-2-1-3-7-16/h1-3,6-7,17H,4-5,8-15,21H2,(H,22,26)(H,23,25). The van der Waals surface area contributed by atoms with Crippen LogP contribution in [-0.2, 0) is 20.8 Å². The molecule has 0 aliphatic carbocycles. The summed E-state index contributed by atoms with van der Waals surface area (Å²) in [6.07, 6.45) is 3.79. The molecule has 0 bridgehead atoms. The van der Waals surface area contributed by atoms with Gasteiger partial charge in [-0.3, -0.25) is 14.4 Å². The summed E-state index contributed by atoms with van der Waals surface area (Å²) in [6, 6.07) is 9.54. The summed E-state index contributed by atoms with van der Waals surface area (Å²) in [5.41, 5.74) is 6.33. The van der Waals surface area contributed by atoms with Crippen LogP contribution >= 0.6 is 0 Å². The number of carbonyl (C=O) groups is 3. The van der Waals surface area contributed by atoms with E-state index in [1.54, 1.807) is 0 Å². The van der Waals surface area contributed by atoms with Gasteiger partial charge in [0.15, 0.2) is 0 Å². The molecule has 0 saturated carbocycles. The van der Waals surface area contributed by atoms with Crippen molar-refractivity contribution in [3.8, 4) is 0 Å². The first-order valence-electron chi connectivity index (χ1n) is 9.67. The third kappa shape index (κ3) is 7.38. The number of hydrogen-bond donors (Lipinski definition) is 3. The molecule has 1 atom stereocenters. The Balaban J connectivity index is 1.73. The normalized spacial score (nSPS) is 16.6. The maximum absolute atomic E-state index is 12.6. The van der Waals surface area contributed by atoms with Gasteiger partial charge in [0.25, 0.3) is 0 Å². The minimum atomic E-state index is -0.0850. The fourth-order valence-corrected chi connectivity index (χ4v) is 3.29. The Morgan fingerprint density at radius 3 is 2.56 bits per heavy atom. The lowest BCUT2D eigenvalue weighted by Gasteiger charge is -2.36. The van der Waals surface area contributed by atoms with Gasteiger partial charge in [-0.15, -0.1) is 0 Å². The van der Waals surface area contributed by atoms with Crippen molar-refractivity contribution < 1.29 is 14.4 Å². The van der Waals surface area contributed by atoms with Crippen molar-refractivity contribution in [2.75, 3.05) is 26.2 Å². The van der Waals surface area contributed by atoms with E-state index in [1.807, 2.05) is 35.2 Å². The van der Waals surface area contributed by atoms with E-state index in [-0.39, 0.29) is 30.2 Å². The fourth-order valence-electron chi connectivity index (χ4n) is 3.29. The number of nitrogens with zero attached hydrogens (tertiary/aromatic N) is 1. The quantitative estimate of drug-likeness (QED) is 0.588. The summed E-state index contributed by atoms with van der Waals surface area (Å²) in [5.74, 6) is -0.144. The molecule has 2 rings (SSSR count). The zero-order chi connectivity index (χ0) is 19.5. The molecule has 1 aromatic rings. The van der Waals surface area contributed by atoms with Crippen molar-refractivity contribution >= 4 is 17.7 Å². The highest BCUT2D eigenvalue weighted by atomic mass is 16.2. The lowest BCUT2D eigenvalue weighted by atomic mass is 10.0. The van der Waals surface area contributed by atoms with E-state index < -0.39 is 0 Å². The SMILES string of the molecule is NCCC(=O)NCC1CCCCN1C(=O)CCNC(=O)Cc1ccccc1. The van der Waals surface area contributed by atoms with E-state index in [0.29, 0.717) is 39.0 Å². The van der Waals surface area contributed by atoms with E-state index >= 15 is 0 Å². The second-order valence-corrected chi connectivity index (χ2v) is 6.84. The fraction of sp³-hybridized carbons (Fsp3) is 0.550. The number of likely N-dealkylation sites (tertiary alicyclic amines) is 1. The number of benzene rings is 1. The van der Waals surface area contributed by atoms with Gasteiger partial charge in [-0.25, -0.2) is 0 Å². The molecule has 0 radical (unpaired) electrons. The highest BCUT2D eigenvalue weighted by molar-refractivity contribution is 5.81. The van der Waals surface area contributed by atoms with Gasteiger partial charge in [0.1, 0.15) is 0 Å². The van der Waals surface area contributed by atoms with Crippen LogP contribution in [0.15, 0.2) is 30.3 Å². The van der Waals surface area contributed by atoms with E-state index in [2.05, 4.69) is 10.6 Å². The number of rotatable bonds is 9. The van der Waals surface area contributed by atoms with Gasteiger partial charge in [0.05, 0.1) is 6.42 Å². The predicted octanol–water partition coefficient (Wildman–Crippen LogP) is 0.582. The Kier molecular flexibility index (Phi) is 8.77. The van der Waals surface area contributed by atoms with Gasteiger partial charge in [-0.05, 0) is 24.8 Å². The van der Waals surface area contributed by atoms with E-state index in [4.69, 9.17) is 5.73 Å². The van der Waals surface area contributed by atoms with Crippen molar-refractivity contribution in [2.24, 2.45) is 5.73 Å². The Hall–Kier alpha value is -2.41. The van der Waals surface area contributed by atoms with Gasteiger partial charge in [-0.2, -0.15) is 0 Å². The molecular formula is C20H30N4O3. The number of hydrogen-bond acceptors (Lipinski definition) is 4.